The van der Waals surface area contributed by atoms with E-state index in [2.05, 4.69) is 15.4 Å². The number of methoxy groups -OCH3 is 2. The van der Waals surface area contributed by atoms with Gasteiger partial charge in [-0.05, 0) is 44.4 Å². The van der Waals surface area contributed by atoms with Crippen molar-refractivity contribution in [1.82, 2.24) is 24.6 Å². The van der Waals surface area contributed by atoms with Gasteiger partial charge in [-0.25, -0.2) is 14.5 Å². The van der Waals surface area contributed by atoms with Gasteiger partial charge in [0.1, 0.15) is 15.7 Å². The maximum absolute atomic E-state index is 12.7. The van der Waals surface area contributed by atoms with Crippen molar-refractivity contribution in [3.8, 4) is 22.1 Å². The Morgan fingerprint density at radius 3 is 2.78 bits per heavy atom. The minimum absolute atomic E-state index is 0.0520. The number of nitrogens with zero attached hydrogens (tertiary/aromatic N) is 4. The van der Waals surface area contributed by atoms with Crippen LogP contribution in [0.5, 0.6) is 11.5 Å². The third-order valence-electron chi connectivity index (χ3n) is 5.50. The lowest BCUT2D eigenvalue weighted by Gasteiger charge is -2.09. The van der Waals surface area contributed by atoms with Gasteiger partial charge in [0.25, 0.3) is 5.91 Å². The van der Waals surface area contributed by atoms with E-state index >= 15 is 0 Å². The van der Waals surface area contributed by atoms with Crippen LogP contribution in [0.2, 0.25) is 0 Å². The Kier molecular flexibility index (Phi) is 6.59. The molecule has 0 saturated heterocycles. The van der Waals surface area contributed by atoms with Gasteiger partial charge in [-0.2, -0.15) is 5.10 Å². The Morgan fingerprint density at radius 1 is 1.22 bits per heavy atom. The first-order valence-electron chi connectivity index (χ1n) is 10.7. The molecule has 0 fully saturated rings. The highest BCUT2D eigenvalue weighted by atomic mass is 32.1. The molecule has 10 heteroatoms. The summed E-state index contributed by atoms with van der Waals surface area (Å²) in [6, 6.07) is 5.56. The van der Waals surface area contributed by atoms with Crippen molar-refractivity contribution in [2.75, 3.05) is 20.8 Å². The maximum Gasteiger partial charge on any atom is 0.345 e. The molecule has 2 aromatic heterocycles. The van der Waals surface area contributed by atoms with E-state index in [9.17, 15) is 9.59 Å². The molecule has 9 nitrogen and oxygen atoms in total. The van der Waals surface area contributed by atoms with E-state index in [-0.39, 0.29) is 11.6 Å². The van der Waals surface area contributed by atoms with Crippen LogP contribution < -0.4 is 20.5 Å². The highest BCUT2D eigenvalue weighted by Crippen LogP contribution is 2.34. The van der Waals surface area contributed by atoms with Crippen molar-refractivity contribution in [3.05, 3.63) is 45.1 Å². The Labute approximate surface area is 190 Å². The summed E-state index contributed by atoms with van der Waals surface area (Å²) in [6.45, 7) is 3.51. The minimum atomic E-state index is -0.164. The van der Waals surface area contributed by atoms with Crippen molar-refractivity contribution in [3.63, 3.8) is 0 Å². The molecular weight excluding hydrogens is 430 g/mol. The highest BCUT2D eigenvalue weighted by molar-refractivity contribution is 7.17. The van der Waals surface area contributed by atoms with E-state index in [1.807, 2.05) is 25.1 Å². The number of benzene rings is 1. The first-order valence-corrected chi connectivity index (χ1v) is 11.5. The van der Waals surface area contributed by atoms with E-state index in [1.54, 1.807) is 18.8 Å². The lowest BCUT2D eigenvalue weighted by atomic mass is 10.2. The van der Waals surface area contributed by atoms with Gasteiger partial charge < -0.3 is 14.8 Å². The second-order valence-corrected chi connectivity index (χ2v) is 8.64. The second-order valence-electron chi connectivity index (χ2n) is 7.64. The number of aryl methyl sites for hydroxylation is 3. The molecule has 170 valence electrons. The van der Waals surface area contributed by atoms with Crippen LogP contribution in [0.1, 0.15) is 40.5 Å². The smallest absolute Gasteiger partial charge is 0.345 e. The molecule has 0 saturated carbocycles. The van der Waals surface area contributed by atoms with Crippen LogP contribution >= 0.6 is 11.3 Å². The summed E-state index contributed by atoms with van der Waals surface area (Å²) in [5.41, 5.74) is 1.48. The molecule has 0 spiro atoms. The molecule has 0 aliphatic carbocycles. The quantitative estimate of drug-likeness (QED) is 0.522. The number of rotatable bonds is 8. The number of hydrogen-bond donors (Lipinski definition) is 1. The van der Waals surface area contributed by atoms with E-state index in [4.69, 9.17) is 9.47 Å². The SMILES string of the molecule is COc1ccc(-c2nc(C)c(C(=O)NCCCn3nc4n(c3=O)CCCC4)s2)cc1OC. The molecular formula is C22H27N5O4S. The van der Waals surface area contributed by atoms with Crippen LogP contribution in [0.3, 0.4) is 0 Å². The van der Waals surface area contributed by atoms with Crippen molar-refractivity contribution in [1.29, 1.82) is 0 Å². The summed E-state index contributed by atoms with van der Waals surface area (Å²) < 4.78 is 13.9. The summed E-state index contributed by atoms with van der Waals surface area (Å²) in [7, 11) is 3.17. The Morgan fingerprint density at radius 2 is 2.03 bits per heavy atom. The molecule has 3 aromatic rings. The van der Waals surface area contributed by atoms with Crippen molar-refractivity contribution >= 4 is 17.2 Å². The number of hydrogen-bond acceptors (Lipinski definition) is 7. The van der Waals surface area contributed by atoms with Crippen molar-refractivity contribution in [2.24, 2.45) is 0 Å². The molecule has 4 rings (SSSR count). The van der Waals surface area contributed by atoms with Crippen LogP contribution in [0.4, 0.5) is 0 Å². The topological polar surface area (TPSA) is 100 Å². The van der Waals surface area contributed by atoms with Gasteiger partial charge in [0.15, 0.2) is 11.5 Å². The predicted octanol–water partition coefficient (Wildman–Crippen LogP) is 2.65. The summed E-state index contributed by atoms with van der Waals surface area (Å²) in [5.74, 6) is 1.96. The number of carbonyl (C=O) groups is 1. The zero-order valence-corrected chi connectivity index (χ0v) is 19.3. The summed E-state index contributed by atoms with van der Waals surface area (Å²) in [6.07, 6.45) is 3.58. The van der Waals surface area contributed by atoms with Gasteiger partial charge in [0, 0.05) is 31.6 Å². The molecule has 1 aromatic carbocycles. The average Bonchev–Trinajstić information content (AvgIpc) is 3.36. The maximum atomic E-state index is 12.7. The molecule has 3 heterocycles. The first kappa shape index (κ1) is 22.1. The standard InChI is InChI=1S/C22H27N5O4S/c1-14-19(32-21(24-14)15-8-9-16(30-2)17(13-15)31-3)20(28)23-10-6-12-27-22(29)26-11-5-4-7-18(26)25-27/h8-9,13H,4-7,10-12H2,1-3H3,(H,23,28). The number of ether oxygens (including phenoxy) is 2. The lowest BCUT2D eigenvalue weighted by Crippen LogP contribution is -2.29. The van der Waals surface area contributed by atoms with Gasteiger partial charge in [0.2, 0.25) is 0 Å². The molecule has 1 amide bonds. The van der Waals surface area contributed by atoms with Gasteiger partial charge in [-0.15, -0.1) is 11.3 Å². The Hall–Kier alpha value is -3.14. The number of thiazole rings is 1. The van der Waals surface area contributed by atoms with Crippen molar-refractivity contribution in [2.45, 2.75) is 45.7 Å². The Bertz CT molecular complexity index is 1180. The number of amides is 1. The van der Waals surface area contributed by atoms with E-state index < -0.39 is 0 Å². The molecule has 0 bridgehead atoms. The molecule has 32 heavy (non-hydrogen) atoms. The third kappa shape index (κ3) is 4.40. The van der Waals surface area contributed by atoms with E-state index in [0.29, 0.717) is 41.6 Å². The lowest BCUT2D eigenvalue weighted by molar-refractivity contribution is 0.0956. The fraction of sp³-hybridized carbons (Fsp3) is 0.455. The summed E-state index contributed by atoms with van der Waals surface area (Å²) >= 11 is 1.34. The van der Waals surface area contributed by atoms with Gasteiger partial charge in [0.05, 0.1) is 19.9 Å². The highest BCUT2D eigenvalue weighted by Gasteiger charge is 2.18. The fourth-order valence-electron chi connectivity index (χ4n) is 3.81. The molecule has 1 aliphatic heterocycles. The number of carbonyl (C=O) groups excluding carboxylic acids is 1. The van der Waals surface area contributed by atoms with Crippen molar-refractivity contribution < 1.29 is 14.3 Å². The number of fused-ring (bicyclic) bond motifs is 1. The zero-order chi connectivity index (χ0) is 22.7. The van der Waals surface area contributed by atoms with Gasteiger partial charge in [-0.3, -0.25) is 9.36 Å². The summed E-state index contributed by atoms with van der Waals surface area (Å²) in [5, 5.41) is 8.10. The molecule has 0 unspecified atom stereocenters. The monoisotopic (exact) mass is 457 g/mol. The van der Waals surface area contributed by atoms with Crippen LogP contribution in [0.15, 0.2) is 23.0 Å². The van der Waals surface area contributed by atoms with Crippen LogP contribution in [0.25, 0.3) is 10.6 Å². The van der Waals surface area contributed by atoms with Crippen LogP contribution in [0, 0.1) is 6.92 Å². The zero-order valence-electron chi connectivity index (χ0n) is 18.5. The minimum Gasteiger partial charge on any atom is -0.493 e. The number of nitrogens with one attached hydrogen (secondary N) is 1. The van der Waals surface area contributed by atoms with E-state index in [1.165, 1.54) is 16.0 Å². The van der Waals surface area contributed by atoms with Gasteiger partial charge >= 0.3 is 5.69 Å². The fourth-order valence-corrected chi connectivity index (χ4v) is 4.78. The molecule has 1 N–H and O–H groups in total. The van der Waals surface area contributed by atoms with Gasteiger partial charge in [-0.1, -0.05) is 0 Å². The molecule has 1 aliphatic rings. The Balaban J connectivity index is 1.37. The first-order chi connectivity index (χ1) is 15.5. The predicted molar refractivity (Wildman–Crippen MR) is 122 cm³/mol. The van der Waals surface area contributed by atoms with Crippen LogP contribution in [-0.2, 0) is 19.5 Å². The molecule has 0 radical (unpaired) electrons. The number of aromatic nitrogens is 4. The normalized spacial score (nSPS) is 13.0. The van der Waals surface area contributed by atoms with Crippen LogP contribution in [-0.4, -0.2) is 46.0 Å². The third-order valence-corrected chi connectivity index (χ3v) is 6.70. The second kappa shape index (κ2) is 9.56. The molecule has 0 atom stereocenters. The largest absolute Gasteiger partial charge is 0.493 e. The summed E-state index contributed by atoms with van der Waals surface area (Å²) in [4.78, 5) is 30.2. The average molecular weight is 458 g/mol. The van der Waals surface area contributed by atoms with E-state index in [0.717, 1.165) is 42.2 Å².